The van der Waals surface area contributed by atoms with Crippen molar-refractivity contribution in [2.45, 2.75) is 37.8 Å². The number of H-pyrrole nitrogens is 1. The van der Waals surface area contributed by atoms with Gasteiger partial charge in [-0.25, -0.2) is 18.9 Å². The van der Waals surface area contributed by atoms with Gasteiger partial charge in [-0.3, -0.25) is 28.4 Å². The van der Waals surface area contributed by atoms with Crippen LogP contribution in [0.2, 0.25) is 0 Å². The Hall–Kier alpha value is -3.23. The number of nitrogens with two attached hydrogens (primary N) is 2. The first-order valence-corrected chi connectivity index (χ1v) is 17.2. The van der Waals surface area contributed by atoms with Crippen molar-refractivity contribution in [3.05, 3.63) is 34.0 Å². The Morgan fingerprint density at radius 2 is 2.14 bits per heavy atom. The standard InChI is InChI=1S/C20H23FN10O9P2S2/c21-12-10(5-37-41-43)39-19(31-17-13(28-29-31)18(34)27-20(23)26-17)14(12)40-42(35,44)38-6-11-25-9-3-8(15(22)33)4-24-16(9)30(11)1-2-36-7-32/h3-4,7,10,12,14,19,41,43H,1-2,5-6H2,(H2,22,33)(H,35,44)(H3,23,26,27,34)/t10-,12-,14-,19-,42?/m1/s1. The summed E-state index contributed by atoms with van der Waals surface area (Å²) in [4.78, 5) is 49.3. The Balaban J connectivity index is 1.41. The molecule has 236 valence electrons. The summed E-state index contributed by atoms with van der Waals surface area (Å²) < 4.78 is 58.4. The number of aromatic nitrogens is 8. The van der Waals surface area contributed by atoms with E-state index in [4.69, 9.17) is 34.5 Å². The largest absolute Gasteiger partial charge is 0.466 e. The van der Waals surface area contributed by atoms with Gasteiger partial charge < -0.3 is 30.0 Å². The number of amides is 1. The molecule has 5 heterocycles. The number of imidazole rings is 1. The number of ether oxygens (including phenoxy) is 2. The number of nitrogens with one attached hydrogen (secondary N) is 1. The molecule has 4 aromatic heterocycles. The molecular weight excluding hydrogens is 669 g/mol. The summed E-state index contributed by atoms with van der Waals surface area (Å²) in [7, 11) is -0.288. The number of aromatic amines is 1. The van der Waals surface area contributed by atoms with Gasteiger partial charge in [0.05, 0.1) is 26.7 Å². The van der Waals surface area contributed by atoms with Gasteiger partial charge in [0, 0.05) is 6.20 Å². The smallest absolute Gasteiger partial charge is 0.387 e. The van der Waals surface area contributed by atoms with E-state index in [-0.39, 0.29) is 73.9 Å². The second kappa shape index (κ2) is 13.4. The maximum atomic E-state index is 15.7. The Kier molecular flexibility index (Phi) is 9.80. The minimum Gasteiger partial charge on any atom is -0.466 e. The zero-order valence-electron chi connectivity index (χ0n) is 22.0. The predicted octanol–water partition coefficient (Wildman–Crippen LogP) is 0.444. The van der Waals surface area contributed by atoms with Gasteiger partial charge in [-0.15, -0.1) is 17.3 Å². The van der Waals surface area contributed by atoms with Crippen LogP contribution >= 0.6 is 39.3 Å². The summed E-state index contributed by atoms with van der Waals surface area (Å²) >= 11 is 8.00. The van der Waals surface area contributed by atoms with E-state index in [1.54, 1.807) is 0 Å². The molecule has 5 rings (SSSR count). The number of thiol groups is 2. The molecule has 0 bridgehead atoms. The summed E-state index contributed by atoms with van der Waals surface area (Å²) in [6, 6.07) is 1.39. The maximum absolute atomic E-state index is 15.7. The van der Waals surface area contributed by atoms with Crippen LogP contribution in [-0.2, 0) is 45.6 Å². The minimum absolute atomic E-state index is 0.0573. The molecule has 4 aromatic rings. The van der Waals surface area contributed by atoms with Gasteiger partial charge in [0.25, 0.3) is 12.0 Å². The number of primary amides is 1. The number of halogens is 1. The first kappa shape index (κ1) is 32.2. The Morgan fingerprint density at radius 1 is 1.34 bits per heavy atom. The lowest BCUT2D eigenvalue weighted by atomic mass is 10.1. The fourth-order valence-corrected chi connectivity index (χ4v) is 6.17. The van der Waals surface area contributed by atoms with Crippen molar-refractivity contribution in [1.29, 1.82) is 0 Å². The second-order valence-corrected chi connectivity index (χ2v) is 12.9. The SMILES string of the molecule is NC(=O)c1cnc2c(c1)nc(COP(=O)(S)O[C@@H]1[C@H](F)[C@@H](COPS)O[C@H]1n1nnc3c(=O)[nH]c(N)nc31)n2CCOC=O. The van der Waals surface area contributed by atoms with Crippen molar-refractivity contribution < 1.29 is 41.6 Å². The fourth-order valence-electron chi connectivity index (χ4n) is 4.34. The van der Waals surface area contributed by atoms with E-state index in [1.807, 2.05) is 0 Å². The quantitative estimate of drug-likeness (QED) is 0.0520. The van der Waals surface area contributed by atoms with Crippen molar-refractivity contribution in [3.63, 3.8) is 0 Å². The molecule has 19 nitrogen and oxygen atoms in total. The summed E-state index contributed by atoms with van der Waals surface area (Å²) in [6.45, 7) is -4.96. The molecule has 0 aromatic carbocycles. The van der Waals surface area contributed by atoms with Gasteiger partial charge >= 0.3 is 6.80 Å². The lowest BCUT2D eigenvalue weighted by molar-refractivity contribution is -0.128. The van der Waals surface area contributed by atoms with Crippen molar-refractivity contribution in [3.8, 4) is 0 Å². The number of pyridine rings is 1. The molecule has 1 fully saturated rings. The molecule has 6 atom stereocenters. The molecule has 0 aliphatic carbocycles. The number of nitrogens with zero attached hydrogens (tertiary/aromatic N) is 7. The number of carbonyl (C=O) groups excluding carboxylic acids is 2. The van der Waals surface area contributed by atoms with Gasteiger partial charge in [-0.1, -0.05) is 17.5 Å². The molecule has 1 saturated heterocycles. The molecule has 0 saturated carbocycles. The molecule has 5 N–H and O–H groups in total. The molecule has 1 amide bonds. The zero-order chi connectivity index (χ0) is 31.6. The molecule has 0 radical (unpaired) electrons. The van der Waals surface area contributed by atoms with E-state index in [1.165, 1.54) is 16.8 Å². The summed E-state index contributed by atoms with van der Waals surface area (Å²) in [6.07, 6.45) is -5.12. The van der Waals surface area contributed by atoms with E-state index in [2.05, 4.69) is 54.7 Å². The van der Waals surface area contributed by atoms with Crippen LogP contribution in [0.1, 0.15) is 22.4 Å². The van der Waals surface area contributed by atoms with Crippen LogP contribution in [0, 0.1) is 0 Å². The van der Waals surface area contributed by atoms with Crippen LogP contribution in [-0.4, -0.2) is 83.5 Å². The monoisotopic (exact) mass is 692 g/mol. The average molecular weight is 693 g/mol. The van der Waals surface area contributed by atoms with Crippen LogP contribution in [0.4, 0.5) is 10.3 Å². The normalized spacial score (nSPS) is 21.8. The summed E-state index contributed by atoms with van der Waals surface area (Å²) in [5.41, 5.74) is 10.5. The van der Waals surface area contributed by atoms with Gasteiger partial charge in [0.15, 0.2) is 29.2 Å². The number of anilines is 1. The minimum atomic E-state index is -4.42. The van der Waals surface area contributed by atoms with Gasteiger partial charge in [-0.05, 0) is 6.07 Å². The molecular formula is C20H23FN10O9P2S2. The number of hydrogen-bond donors (Lipinski definition) is 5. The van der Waals surface area contributed by atoms with E-state index in [9.17, 15) is 18.9 Å². The molecule has 24 heteroatoms. The van der Waals surface area contributed by atoms with Gasteiger partial charge in [0.2, 0.25) is 11.9 Å². The highest BCUT2D eigenvalue weighted by atomic mass is 32.7. The highest BCUT2D eigenvalue weighted by Crippen LogP contribution is 2.57. The van der Waals surface area contributed by atoms with Crippen molar-refractivity contribution in [1.82, 2.24) is 39.5 Å². The highest BCUT2D eigenvalue weighted by molar-refractivity contribution is 8.44. The van der Waals surface area contributed by atoms with Crippen LogP contribution in [0.25, 0.3) is 22.3 Å². The summed E-state index contributed by atoms with van der Waals surface area (Å²) in [5.74, 6) is -0.879. The molecule has 44 heavy (non-hydrogen) atoms. The number of carbonyl (C=O) groups is 2. The van der Waals surface area contributed by atoms with Crippen LogP contribution < -0.4 is 17.0 Å². The van der Waals surface area contributed by atoms with E-state index in [0.29, 0.717) is 0 Å². The van der Waals surface area contributed by atoms with Crippen molar-refractivity contribution in [2.75, 3.05) is 18.9 Å². The zero-order valence-corrected chi connectivity index (χ0v) is 25.7. The van der Waals surface area contributed by atoms with E-state index in [0.717, 1.165) is 4.68 Å². The topological polar surface area (TPSA) is 257 Å². The van der Waals surface area contributed by atoms with Crippen LogP contribution in [0.5, 0.6) is 0 Å². The Labute approximate surface area is 257 Å². The third kappa shape index (κ3) is 6.71. The lowest BCUT2D eigenvalue weighted by Crippen LogP contribution is -2.32. The van der Waals surface area contributed by atoms with Crippen LogP contribution in [0.15, 0.2) is 17.1 Å². The Morgan fingerprint density at radius 3 is 2.86 bits per heavy atom. The van der Waals surface area contributed by atoms with Gasteiger partial charge in [-0.2, -0.15) is 9.67 Å². The molecule has 2 unspecified atom stereocenters. The van der Waals surface area contributed by atoms with Crippen LogP contribution in [0.3, 0.4) is 0 Å². The fraction of sp³-hybridized carbons (Fsp3) is 0.400. The third-order valence-corrected chi connectivity index (χ3v) is 8.51. The maximum Gasteiger partial charge on any atom is 0.387 e. The van der Waals surface area contributed by atoms with E-state index >= 15 is 4.39 Å². The molecule has 1 aliphatic heterocycles. The number of fused-ring (bicyclic) bond motifs is 2. The van der Waals surface area contributed by atoms with Crippen molar-refractivity contribution in [2.24, 2.45) is 5.73 Å². The second-order valence-electron chi connectivity index (χ2n) is 8.96. The summed E-state index contributed by atoms with van der Waals surface area (Å²) in [5, 5.41) is 7.61. The molecule has 1 aliphatic rings. The van der Waals surface area contributed by atoms with E-state index < -0.39 is 49.5 Å². The predicted molar refractivity (Wildman–Crippen MR) is 157 cm³/mol. The Bertz CT molecular complexity index is 1810. The molecule has 0 spiro atoms. The van der Waals surface area contributed by atoms with Gasteiger partial charge in [0.1, 0.15) is 36.8 Å². The van der Waals surface area contributed by atoms with Crippen molar-refractivity contribution >= 4 is 80.0 Å². The first-order valence-electron chi connectivity index (χ1n) is 12.3. The number of alkyl halides is 1. The average Bonchev–Trinajstić information content (AvgIpc) is 3.64. The lowest BCUT2D eigenvalue weighted by Gasteiger charge is -2.23. The highest BCUT2D eigenvalue weighted by Gasteiger charge is 2.51. The number of nitrogen functional groups attached to an aromatic ring is 1. The number of rotatable bonds is 14. The number of hydrogen-bond acceptors (Lipinski definition) is 16. The third-order valence-electron chi connectivity index (χ3n) is 6.23. The first-order chi connectivity index (χ1) is 21.0.